The number of hydrogen-bond acceptors (Lipinski definition) is 8. The molecule has 0 spiro atoms. The van der Waals surface area contributed by atoms with Gasteiger partial charge in [-0.25, -0.2) is 9.78 Å². The van der Waals surface area contributed by atoms with E-state index in [1.54, 1.807) is 11.1 Å². The number of halogens is 3. The number of nitrogens with one attached hydrogen (secondary N) is 1. The third-order valence-corrected chi connectivity index (χ3v) is 5.91. The van der Waals surface area contributed by atoms with Crippen LogP contribution in [0, 0.1) is 0 Å². The van der Waals surface area contributed by atoms with Crippen LogP contribution in [0.25, 0.3) is 0 Å². The number of imidazole rings is 1. The molecule has 0 fully saturated rings. The predicted molar refractivity (Wildman–Crippen MR) is 120 cm³/mol. The highest BCUT2D eigenvalue weighted by molar-refractivity contribution is 5.92. The third-order valence-electron chi connectivity index (χ3n) is 5.91. The van der Waals surface area contributed by atoms with E-state index in [0.717, 1.165) is 17.8 Å². The molecule has 14 heteroatoms. The molecular formula is C22H26F3N7O4. The molecule has 0 aliphatic carbocycles. The van der Waals surface area contributed by atoms with E-state index in [4.69, 9.17) is 16.3 Å². The van der Waals surface area contributed by atoms with E-state index in [-0.39, 0.29) is 24.8 Å². The summed E-state index contributed by atoms with van der Waals surface area (Å²) in [7, 11) is 0. The lowest BCUT2D eigenvalue weighted by Crippen LogP contribution is -2.42. The highest BCUT2D eigenvalue weighted by Crippen LogP contribution is 2.23. The van der Waals surface area contributed by atoms with Crippen LogP contribution in [0.2, 0.25) is 0 Å². The molecule has 194 valence electrons. The third kappa shape index (κ3) is 6.00. The van der Waals surface area contributed by atoms with Gasteiger partial charge in [0.1, 0.15) is 23.9 Å². The van der Waals surface area contributed by atoms with Gasteiger partial charge in [0.2, 0.25) is 0 Å². The summed E-state index contributed by atoms with van der Waals surface area (Å²) in [6.45, 7) is 1.75. The number of carbonyl (C=O) groups is 2. The standard InChI is InChI=1S/C22H26F3N7O4/c23-22(24,25)36-15-3-1-14(2-4-15)13-35-21(34)30-8-6-19-28-18(12-31(19)10-9-30)20(33)32-7-5-17(29-27)16(26)11-32/h1-4,12,29H,5-11,13,26-27H2. The van der Waals surface area contributed by atoms with Crippen molar-refractivity contribution in [2.24, 2.45) is 11.6 Å². The minimum atomic E-state index is -4.77. The molecule has 36 heavy (non-hydrogen) atoms. The summed E-state index contributed by atoms with van der Waals surface area (Å²) in [6.07, 6.45) is -2.69. The van der Waals surface area contributed by atoms with E-state index in [0.29, 0.717) is 61.8 Å². The summed E-state index contributed by atoms with van der Waals surface area (Å²) in [5, 5.41) is 0. The fourth-order valence-electron chi connectivity index (χ4n) is 4.02. The minimum absolute atomic E-state index is 0.0976. The number of alkyl halides is 3. The highest BCUT2D eigenvalue weighted by atomic mass is 19.4. The van der Waals surface area contributed by atoms with Gasteiger partial charge in [0.25, 0.3) is 5.91 Å². The van der Waals surface area contributed by atoms with Gasteiger partial charge in [-0.3, -0.25) is 10.6 Å². The van der Waals surface area contributed by atoms with Crippen LogP contribution in [0.15, 0.2) is 41.9 Å². The van der Waals surface area contributed by atoms with Gasteiger partial charge < -0.3 is 35.0 Å². The minimum Gasteiger partial charge on any atom is -0.445 e. The van der Waals surface area contributed by atoms with Crippen molar-refractivity contribution in [2.75, 3.05) is 26.2 Å². The molecule has 2 amide bonds. The fraction of sp³-hybridized carbons (Fsp3) is 0.409. The molecule has 2 aliphatic heterocycles. The summed E-state index contributed by atoms with van der Waals surface area (Å²) >= 11 is 0. The SMILES string of the molecule is NNC1=C(N)CN(C(=O)c2cn3c(n2)CCN(C(=O)OCc2ccc(OC(F)(F)F)cc2)CC3)CC1. The van der Waals surface area contributed by atoms with Crippen LogP contribution in [0.1, 0.15) is 28.3 Å². The van der Waals surface area contributed by atoms with Gasteiger partial charge in [0.15, 0.2) is 0 Å². The topological polar surface area (TPSA) is 141 Å². The second kappa shape index (κ2) is 10.4. The van der Waals surface area contributed by atoms with E-state index < -0.39 is 12.5 Å². The van der Waals surface area contributed by atoms with E-state index >= 15 is 0 Å². The zero-order valence-electron chi connectivity index (χ0n) is 19.3. The van der Waals surface area contributed by atoms with Crippen LogP contribution in [0.3, 0.4) is 0 Å². The molecule has 1 aromatic carbocycles. The lowest BCUT2D eigenvalue weighted by atomic mass is 10.1. The number of ether oxygens (including phenoxy) is 2. The zero-order chi connectivity index (χ0) is 25.9. The quantitative estimate of drug-likeness (QED) is 0.406. The first-order valence-electron chi connectivity index (χ1n) is 11.2. The summed E-state index contributed by atoms with van der Waals surface area (Å²) in [6, 6.07) is 5.10. The molecule has 2 aromatic rings. The van der Waals surface area contributed by atoms with Crippen molar-refractivity contribution in [1.82, 2.24) is 24.8 Å². The van der Waals surface area contributed by atoms with Gasteiger partial charge in [-0.05, 0) is 17.7 Å². The Morgan fingerprint density at radius 1 is 1.06 bits per heavy atom. The lowest BCUT2D eigenvalue weighted by molar-refractivity contribution is -0.274. The summed E-state index contributed by atoms with van der Waals surface area (Å²) < 4.78 is 47.8. The van der Waals surface area contributed by atoms with Crippen LogP contribution < -0.4 is 21.7 Å². The first-order valence-corrected chi connectivity index (χ1v) is 11.2. The van der Waals surface area contributed by atoms with Crippen molar-refractivity contribution in [3.63, 3.8) is 0 Å². The van der Waals surface area contributed by atoms with Gasteiger partial charge >= 0.3 is 12.5 Å². The maximum Gasteiger partial charge on any atom is 0.573 e. The predicted octanol–water partition coefficient (Wildman–Crippen LogP) is 1.46. The molecular weight excluding hydrogens is 483 g/mol. The number of nitrogens with zero attached hydrogens (tertiary/aromatic N) is 4. The Kier molecular flexibility index (Phi) is 7.24. The Morgan fingerprint density at radius 2 is 1.78 bits per heavy atom. The van der Waals surface area contributed by atoms with Crippen molar-refractivity contribution in [2.45, 2.75) is 32.4 Å². The van der Waals surface area contributed by atoms with Gasteiger partial charge in [0, 0.05) is 56.6 Å². The number of benzene rings is 1. The first kappa shape index (κ1) is 25.2. The number of carbonyl (C=O) groups excluding carboxylic acids is 2. The Labute approximate surface area is 204 Å². The summed E-state index contributed by atoms with van der Waals surface area (Å²) in [4.78, 5) is 33.0. The van der Waals surface area contributed by atoms with Crippen LogP contribution in [-0.2, 0) is 24.3 Å². The number of aromatic nitrogens is 2. The molecule has 0 saturated carbocycles. The summed E-state index contributed by atoms with van der Waals surface area (Å²) in [5.41, 5.74) is 10.6. The number of hydrogen-bond donors (Lipinski definition) is 3. The molecule has 2 aliphatic rings. The Hall–Kier alpha value is -3.94. The fourth-order valence-corrected chi connectivity index (χ4v) is 4.02. The van der Waals surface area contributed by atoms with E-state index in [1.165, 1.54) is 17.0 Å². The molecule has 0 unspecified atom stereocenters. The molecule has 1 aromatic heterocycles. The summed E-state index contributed by atoms with van der Waals surface area (Å²) in [5.74, 6) is 5.53. The number of amides is 2. The van der Waals surface area contributed by atoms with Gasteiger partial charge in [-0.15, -0.1) is 13.2 Å². The van der Waals surface area contributed by atoms with E-state index in [9.17, 15) is 22.8 Å². The number of nitrogens with two attached hydrogens (primary N) is 2. The molecule has 3 heterocycles. The zero-order valence-corrected chi connectivity index (χ0v) is 19.3. The highest BCUT2D eigenvalue weighted by Gasteiger charge is 2.31. The average molecular weight is 509 g/mol. The average Bonchev–Trinajstić information content (AvgIpc) is 3.14. The second-order valence-electron chi connectivity index (χ2n) is 8.34. The van der Waals surface area contributed by atoms with Crippen molar-refractivity contribution < 1.29 is 32.2 Å². The lowest BCUT2D eigenvalue weighted by Gasteiger charge is -2.28. The second-order valence-corrected chi connectivity index (χ2v) is 8.34. The molecule has 5 N–H and O–H groups in total. The van der Waals surface area contributed by atoms with Crippen LogP contribution in [0.4, 0.5) is 18.0 Å². The van der Waals surface area contributed by atoms with Crippen LogP contribution in [-0.4, -0.2) is 63.9 Å². The van der Waals surface area contributed by atoms with E-state index in [1.807, 2.05) is 4.57 Å². The normalized spacial score (nSPS) is 16.3. The van der Waals surface area contributed by atoms with Crippen LogP contribution in [0.5, 0.6) is 5.75 Å². The monoisotopic (exact) mass is 509 g/mol. The van der Waals surface area contributed by atoms with Gasteiger partial charge in [0.05, 0.1) is 6.54 Å². The van der Waals surface area contributed by atoms with Crippen molar-refractivity contribution in [1.29, 1.82) is 0 Å². The maximum absolute atomic E-state index is 12.9. The number of rotatable bonds is 5. The van der Waals surface area contributed by atoms with Crippen molar-refractivity contribution in [3.8, 4) is 5.75 Å². The Morgan fingerprint density at radius 3 is 2.44 bits per heavy atom. The van der Waals surface area contributed by atoms with Gasteiger partial charge in [-0.2, -0.15) is 0 Å². The number of hydrazine groups is 1. The molecule has 11 nitrogen and oxygen atoms in total. The molecule has 0 bridgehead atoms. The van der Waals surface area contributed by atoms with Crippen LogP contribution >= 0.6 is 0 Å². The van der Waals surface area contributed by atoms with Crippen molar-refractivity contribution in [3.05, 3.63) is 58.9 Å². The molecule has 0 radical (unpaired) electrons. The smallest absolute Gasteiger partial charge is 0.445 e. The molecule has 0 saturated heterocycles. The molecule has 0 atom stereocenters. The molecule has 4 rings (SSSR count). The Bertz CT molecular complexity index is 1120. The first-order chi connectivity index (χ1) is 17.1. The van der Waals surface area contributed by atoms with E-state index in [2.05, 4.69) is 15.1 Å². The largest absolute Gasteiger partial charge is 0.573 e. The van der Waals surface area contributed by atoms with Gasteiger partial charge in [-0.1, -0.05) is 12.1 Å². The number of fused-ring (bicyclic) bond motifs is 1. The van der Waals surface area contributed by atoms with Crippen molar-refractivity contribution >= 4 is 12.0 Å². The Balaban J connectivity index is 1.29. The maximum atomic E-state index is 12.9.